The van der Waals surface area contributed by atoms with Gasteiger partial charge in [0.2, 0.25) is 0 Å². The van der Waals surface area contributed by atoms with Crippen molar-refractivity contribution in [2.75, 3.05) is 20.2 Å². The molecule has 0 aliphatic rings. The number of benzene rings is 1. The number of nitriles is 1. The molecule has 4 nitrogen and oxygen atoms in total. The third-order valence-corrected chi connectivity index (χ3v) is 2.93. The Hall–Kier alpha value is -2.30. The van der Waals surface area contributed by atoms with E-state index in [1.54, 1.807) is 19.2 Å². The van der Waals surface area contributed by atoms with Gasteiger partial charge in [-0.15, -0.1) is 0 Å². The molecule has 1 rings (SSSR count). The molecule has 0 saturated heterocycles. The highest BCUT2D eigenvalue weighted by Gasteiger charge is 2.14. The third-order valence-electron chi connectivity index (χ3n) is 2.93. The molecule has 1 amide bonds. The topological polar surface area (TPSA) is 64.3 Å². The summed E-state index contributed by atoms with van der Waals surface area (Å²) < 4.78 is 0. The molecule has 0 aliphatic carbocycles. The van der Waals surface area contributed by atoms with Crippen molar-refractivity contribution >= 4 is 5.91 Å². The minimum absolute atomic E-state index is 0.0293. The van der Waals surface area contributed by atoms with E-state index in [0.717, 1.165) is 11.1 Å². The molecule has 0 fully saturated rings. The molecule has 0 heterocycles. The van der Waals surface area contributed by atoms with Gasteiger partial charge in [-0.05, 0) is 24.6 Å². The van der Waals surface area contributed by atoms with Crippen molar-refractivity contribution in [3.63, 3.8) is 0 Å². The van der Waals surface area contributed by atoms with Crippen LogP contribution in [-0.2, 0) is 0 Å². The summed E-state index contributed by atoms with van der Waals surface area (Å²) in [7, 11) is 1.68. The number of aliphatic hydroxyl groups excluding tert-OH is 1. The average molecular weight is 270 g/mol. The Morgan fingerprint density at radius 2 is 2.15 bits per heavy atom. The van der Waals surface area contributed by atoms with Gasteiger partial charge in [-0.3, -0.25) is 4.79 Å². The first-order valence-electron chi connectivity index (χ1n) is 6.43. The predicted molar refractivity (Wildman–Crippen MR) is 77.0 cm³/mol. The predicted octanol–water partition coefficient (Wildman–Crippen LogP) is 1.71. The monoisotopic (exact) mass is 270 g/mol. The molecule has 0 saturated carbocycles. The molecule has 20 heavy (non-hydrogen) atoms. The molecular weight excluding hydrogens is 252 g/mol. The molecule has 0 bridgehead atoms. The van der Waals surface area contributed by atoms with Crippen LogP contribution in [0.5, 0.6) is 0 Å². The lowest BCUT2D eigenvalue weighted by atomic mass is 10.0. The number of amides is 1. The average Bonchev–Trinajstić information content (AvgIpc) is 2.46. The van der Waals surface area contributed by atoms with Gasteiger partial charge in [0.15, 0.2) is 0 Å². The number of rotatable bonds is 4. The fraction of sp³-hybridized carbons (Fsp3) is 0.375. The van der Waals surface area contributed by atoms with Crippen molar-refractivity contribution in [1.82, 2.24) is 4.90 Å². The highest BCUT2D eigenvalue weighted by molar-refractivity contribution is 5.96. The lowest BCUT2D eigenvalue weighted by molar-refractivity contribution is 0.0797. The van der Waals surface area contributed by atoms with Crippen molar-refractivity contribution in [3.8, 4) is 17.9 Å². The van der Waals surface area contributed by atoms with Gasteiger partial charge in [0.1, 0.15) is 0 Å². The van der Waals surface area contributed by atoms with Crippen LogP contribution in [0.25, 0.3) is 0 Å². The van der Waals surface area contributed by atoms with Crippen LogP contribution < -0.4 is 0 Å². The summed E-state index contributed by atoms with van der Waals surface area (Å²) in [4.78, 5) is 13.8. The molecule has 1 N–H and O–H groups in total. The molecule has 1 aromatic rings. The standard InChI is InChI=1S/C16H18N2O2/c1-13-14(7-3-4-12-19)8-5-9-15(13)16(20)18(2)11-6-10-17/h5,8-9,19H,4,6,11-12H2,1-2H3. The summed E-state index contributed by atoms with van der Waals surface area (Å²) in [6, 6.07) is 7.43. The van der Waals surface area contributed by atoms with E-state index in [4.69, 9.17) is 10.4 Å². The van der Waals surface area contributed by atoms with Crippen molar-refractivity contribution in [1.29, 1.82) is 5.26 Å². The quantitative estimate of drug-likeness (QED) is 0.847. The van der Waals surface area contributed by atoms with E-state index in [-0.39, 0.29) is 12.5 Å². The zero-order valence-corrected chi connectivity index (χ0v) is 11.8. The van der Waals surface area contributed by atoms with Gasteiger partial charge in [0.05, 0.1) is 19.1 Å². The Morgan fingerprint density at radius 1 is 1.40 bits per heavy atom. The molecule has 0 aliphatic heterocycles. The fourth-order valence-electron chi connectivity index (χ4n) is 1.74. The Bertz CT molecular complexity index is 576. The second-order valence-electron chi connectivity index (χ2n) is 4.39. The second kappa shape index (κ2) is 7.99. The zero-order chi connectivity index (χ0) is 15.0. The summed E-state index contributed by atoms with van der Waals surface area (Å²) in [5.41, 5.74) is 2.21. The van der Waals surface area contributed by atoms with Crippen LogP contribution in [0, 0.1) is 30.1 Å². The zero-order valence-electron chi connectivity index (χ0n) is 11.8. The first-order valence-corrected chi connectivity index (χ1v) is 6.43. The van der Waals surface area contributed by atoms with Crippen molar-refractivity contribution in [2.45, 2.75) is 19.8 Å². The molecule has 0 spiro atoms. The molecule has 0 atom stereocenters. The van der Waals surface area contributed by atoms with Gasteiger partial charge in [0, 0.05) is 31.1 Å². The number of carbonyl (C=O) groups excluding carboxylic acids is 1. The van der Waals surface area contributed by atoms with E-state index in [0.29, 0.717) is 24.9 Å². The van der Waals surface area contributed by atoms with Crippen LogP contribution in [0.4, 0.5) is 0 Å². The summed E-state index contributed by atoms with van der Waals surface area (Å²) in [5, 5.41) is 17.3. The fourth-order valence-corrected chi connectivity index (χ4v) is 1.74. The van der Waals surface area contributed by atoms with Gasteiger partial charge >= 0.3 is 0 Å². The van der Waals surface area contributed by atoms with Crippen molar-refractivity contribution < 1.29 is 9.90 Å². The lowest BCUT2D eigenvalue weighted by Crippen LogP contribution is -2.28. The highest BCUT2D eigenvalue weighted by Crippen LogP contribution is 2.15. The number of hydrogen-bond acceptors (Lipinski definition) is 3. The molecule has 0 unspecified atom stereocenters. The number of aliphatic hydroxyl groups is 1. The molecule has 4 heteroatoms. The smallest absolute Gasteiger partial charge is 0.253 e. The SMILES string of the molecule is Cc1c(C#CCCO)cccc1C(=O)N(C)CCC#N. The van der Waals surface area contributed by atoms with Crippen LogP contribution in [0.1, 0.15) is 34.3 Å². The normalized spacial score (nSPS) is 9.30. The van der Waals surface area contributed by atoms with Gasteiger partial charge in [0.25, 0.3) is 5.91 Å². The highest BCUT2D eigenvalue weighted by atomic mass is 16.2. The van der Waals surface area contributed by atoms with E-state index < -0.39 is 0 Å². The molecule has 1 aromatic carbocycles. The number of hydrogen-bond donors (Lipinski definition) is 1. The maximum absolute atomic E-state index is 12.3. The minimum atomic E-state index is -0.108. The van der Waals surface area contributed by atoms with E-state index in [2.05, 4.69) is 11.8 Å². The van der Waals surface area contributed by atoms with Crippen molar-refractivity contribution in [2.24, 2.45) is 0 Å². The number of carbonyl (C=O) groups is 1. The van der Waals surface area contributed by atoms with Crippen LogP contribution in [0.3, 0.4) is 0 Å². The van der Waals surface area contributed by atoms with Gasteiger partial charge in [-0.1, -0.05) is 17.9 Å². The van der Waals surface area contributed by atoms with Gasteiger partial charge < -0.3 is 10.0 Å². The van der Waals surface area contributed by atoms with E-state index in [1.807, 2.05) is 19.1 Å². The molecule has 104 valence electrons. The van der Waals surface area contributed by atoms with E-state index in [1.165, 1.54) is 4.90 Å². The largest absolute Gasteiger partial charge is 0.395 e. The second-order valence-corrected chi connectivity index (χ2v) is 4.39. The van der Waals surface area contributed by atoms with Gasteiger partial charge in [-0.25, -0.2) is 0 Å². The van der Waals surface area contributed by atoms with Gasteiger partial charge in [-0.2, -0.15) is 5.26 Å². The summed E-state index contributed by atoms with van der Waals surface area (Å²) in [5.74, 6) is 5.70. The summed E-state index contributed by atoms with van der Waals surface area (Å²) >= 11 is 0. The van der Waals surface area contributed by atoms with E-state index >= 15 is 0 Å². The first-order chi connectivity index (χ1) is 9.61. The van der Waals surface area contributed by atoms with Crippen LogP contribution >= 0.6 is 0 Å². The third kappa shape index (κ3) is 4.12. The van der Waals surface area contributed by atoms with Crippen LogP contribution in [0.2, 0.25) is 0 Å². The first kappa shape index (κ1) is 15.8. The van der Waals surface area contributed by atoms with Crippen molar-refractivity contribution in [3.05, 3.63) is 34.9 Å². The lowest BCUT2D eigenvalue weighted by Gasteiger charge is -2.17. The summed E-state index contributed by atoms with van der Waals surface area (Å²) in [6.45, 7) is 2.30. The minimum Gasteiger partial charge on any atom is -0.395 e. The maximum Gasteiger partial charge on any atom is 0.253 e. The summed E-state index contributed by atoms with van der Waals surface area (Å²) in [6.07, 6.45) is 0.733. The van der Waals surface area contributed by atoms with E-state index in [9.17, 15) is 4.79 Å². The number of nitrogens with zero attached hydrogens (tertiary/aromatic N) is 2. The Balaban J connectivity index is 2.97. The van der Waals surface area contributed by atoms with Crippen LogP contribution in [-0.4, -0.2) is 36.1 Å². The Morgan fingerprint density at radius 3 is 2.80 bits per heavy atom. The Labute approximate surface area is 119 Å². The molecule has 0 aromatic heterocycles. The Kier molecular flexibility index (Phi) is 6.29. The maximum atomic E-state index is 12.3. The molecule has 0 radical (unpaired) electrons. The molecular formula is C16H18N2O2. The van der Waals surface area contributed by atoms with Crippen LogP contribution in [0.15, 0.2) is 18.2 Å².